The van der Waals surface area contributed by atoms with Gasteiger partial charge in [-0.3, -0.25) is 9.59 Å². The summed E-state index contributed by atoms with van der Waals surface area (Å²) in [5.41, 5.74) is 6.75. The van der Waals surface area contributed by atoms with Crippen molar-refractivity contribution in [1.82, 2.24) is 10.2 Å². The number of nitrogens with zero attached hydrogens (tertiary/aromatic N) is 1. The van der Waals surface area contributed by atoms with Crippen molar-refractivity contribution in [3.05, 3.63) is 29.8 Å². The lowest BCUT2D eigenvalue weighted by atomic mass is 9.87. The number of rotatable bonds is 17. The SMILES string of the molecule is COCCCCOc1ccccc1C(=O)NC[C@@H](C[C@H](N)[C@@H](O)CN(C=O)C(C)C)C(C)C.Cl. The van der Waals surface area contributed by atoms with E-state index in [1.807, 2.05) is 26.0 Å². The Balaban J connectivity index is 0.0000109. The van der Waals surface area contributed by atoms with Crippen molar-refractivity contribution in [3.63, 3.8) is 0 Å². The first-order valence-corrected chi connectivity index (χ1v) is 11.8. The zero-order valence-electron chi connectivity index (χ0n) is 21.2. The zero-order valence-corrected chi connectivity index (χ0v) is 22.1. The lowest BCUT2D eigenvalue weighted by Crippen LogP contribution is -2.47. The van der Waals surface area contributed by atoms with Crippen LogP contribution in [-0.2, 0) is 9.53 Å². The number of hydrogen-bond donors (Lipinski definition) is 3. The number of aliphatic hydroxyl groups is 1. The van der Waals surface area contributed by atoms with E-state index in [1.165, 1.54) is 4.90 Å². The molecule has 1 aromatic rings. The summed E-state index contributed by atoms with van der Waals surface area (Å²) >= 11 is 0. The van der Waals surface area contributed by atoms with E-state index in [9.17, 15) is 14.7 Å². The van der Waals surface area contributed by atoms with Crippen LogP contribution >= 0.6 is 12.4 Å². The first kappa shape index (κ1) is 32.1. The molecule has 34 heavy (non-hydrogen) atoms. The molecule has 196 valence electrons. The Bertz CT molecular complexity index is 705. The lowest BCUT2D eigenvalue weighted by Gasteiger charge is -2.30. The number of unbranched alkanes of at least 4 members (excludes halogenated alkanes) is 1. The van der Waals surface area contributed by atoms with E-state index in [0.29, 0.717) is 37.5 Å². The minimum Gasteiger partial charge on any atom is -0.493 e. The van der Waals surface area contributed by atoms with Gasteiger partial charge in [0.25, 0.3) is 5.91 Å². The van der Waals surface area contributed by atoms with Crippen LogP contribution in [0.5, 0.6) is 5.75 Å². The second kappa shape index (κ2) is 17.5. The Kier molecular flexibility index (Phi) is 16.6. The van der Waals surface area contributed by atoms with Crippen molar-refractivity contribution < 1.29 is 24.2 Å². The average molecular weight is 502 g/mol. The predicted molar refractivity (Wildman–Crippen MR) is 137 cm³/mol. The predicted octanol–water partition coefficient (Wildman–Crippen LogP) is 2.86. The van der Waals surface area contributed by atoms with E-state index < -0.39 is 12.1 Å². The molecule has 1 aromatic carbocycles. The number of amides is 2. The maximum Gasteiger partial charge on any atom is 0.255 e. The fourth-order valence-electron chi connectivity index (χ4n) is 3.45. The molecule has 0 saturated carbocycles. The molecule has 4 N–H and O–H groups in total. The van der Waals surface area contributed by atoms with Crippen molar-refractivity contribution in [1.29, 1.82) is 0 Å². The highest BCUT2D eigenvalue weighted by atomic mass is 35.5. The van der Waals surface area contributed by atoms with Gasteiger partial charge in [-0.05, 0) is 57.1 Å². The van der Waals surface area contributed by atoms with Gasteiger partial charge >= 0.3 is 0 Å². The van der Waals surface area contributed by atoms with Crippen LogP contribution < -0.4 is 15.8 Å². The minimum absolute atomic E-state index is 0. The zero-order chi connectivity index (χ0) is 24.8. The Morgan fingerprint density at radius 2 is 1.82 bits per heavy atom. The van der Waals surface area contributed by atoms with Crippen molar-refractivity contribution in [3.8, 4) is 5.75 Å². The summed E-state index contributed by atoms with van der Waals surface area (Å²) < 4.78 is 10.9. The number of benzene rings is 1. The number of hydrogen-bond acceptors (Lipinski definition) is 6. The number of halogens is 1. The van der Waals surface area contributed by atoms with E-state index in [4.69, 9.17) is 15.2 Å². The van der Waals surface area contributed by atoms with Gasteiger partial charge in [0.05, 0.1) is 18.3 Å². The number of nitrogens with two attached hydrogens (primary N) is 1. The van der Waals surface area contributed by atoms with Crippen LogP contribution in [0.1, 0.15) is 57.3 Å². The number of para-hydroxylation sites is 1. The maximum absolute atomic E-state index is 12.9. The molecular formula is C25H44ClN3O5. The summed E-state index contributed by atoms with van der Waals surface area (Å²) in [4.78, 5) is 25.6. The van der Waals surface area contributed by atoms with Crippen molar-refractivity contribution in [2.75, 3.05) is 33.4 Å². The molecule has 0 fully saturated rings. The largest absolute Gasteiger partial charge is 0.493 e. The molecule has 0 spiro atoms. The first-order chi connectivity index (χ1) is 15.7. The van der Waals surface area contributed by atoms with Crippen LogP contribution in [0, 0.1) is 11.8 Å². The van der Waals surface area contributed by atoms with Crippen molar-refractivity contribution >= 4 is 24.7 Å². The molecule has 2 amide bonds. The van der Waals surface area contributed by atoms with E-state index >= 15 is 0 Å². The van der Waals surface area contributed by atoms with Crippen molar-refractivity contribution in [2.24, 2.45) is 17.6 Å². The Morgan fingerprint density at radius 3 is 2.41 bits per heavy atom. The van der Waals surface area contributed by atoms with Gasteiger partial charge in [0.2, 0.25) is 6.41 Å². The van der Waals surface area contributed by atoms with Crippen LogP contribution in [0.15, 0.2) is 24.3 Å². The fourth-order valence-corrected chi connectivity index (χ4v) is 3.45. The molecule has 0 aliphatic rings. The number of carbonyl (C=O) groups is 2. The van der Waals surface area contributed by atoms with Crippen LogP contribution in [0.3, 0.4) is 0 Å². The summed E-state index contributed by atoms with van der Waals surface area (Å²) in [5.74, 6) is 0.685. The fraction of sp³-hybridized carbons (Fsp3) is 0.680. The standard InChI is InChI=1S/C25H43N3O5.ClH/c1-18(2)20(14-22(26)23(30)16-28(17-29)19(3)4)15-27-25(31)21-10-6-7-11-24(21)33-13-9-8-12-32-5;/h6-7,10-11,17-20,22-23,30H,8-9,12-16,26H2,1-5H3,(H,27,31);1H/t20-,22+,23+;/m1./s1. The summed E-state index contributed by atoms with van der Waals surface area (Å²) in [6.07, 6.45) is 2.17. The first-order valence-electron chi connectivity index (χ1n) is 11.8. The summed E-state index contributed by atoms with van der Waals surface area (Å²) in [7, 11) is 1.67. The lowest BCUT2D eigenvalue weighted by molar-refractivity contribution is -0.121. The monoisotopic (exact) mass is 501 g/mol. The normalized spacial score (nSPS) is 13.7. The minimum atomic E-state index is -0.832. The van der Waals surface area contributed by atoms with Crippen molar-refractivity contribution in [2.45, 2.75) is 65.1 Å². The van der Waals surface area contributed by atoms with Gasteiger partial charge in [-0.2, -0.15) is 0 Å². The van der Waals surface area contributed by atoms with Gasteiger partial charge in [0, 0.05) is 38.9 Å². The number of ether oxygens (including phenoxy) is 2. The number of carbonyl (C=O) groups excluding carboxylic acids is 2. The van der Waals surface area contributed by atoms with E-state index in [-0.39, 0.29) is 42.7 Å². The average Bonchev–Trinajstić information content (AvgIpc) is 2.79. The third-order valence-electron chi connectivity index (χ3n) is 5.87. The molecule has 0 heterocycles. The molecule has 0 aliphatic heterocycles. The molecule has 0 aromatic heterocycles. The Hall–Kier alpha value is -1.87. The molecule has 0 radical (unpaired) electrons. The quantitative estimate of drug-likeness (QED) is 0.223. The Labute approximate surface area is 211 Å². The molecule has 3 atom stereocenters. The molecule has 0 aliphatic carbocycles. The van der Waals surface area contributed by atoms with Gasteiger partial charge in [0.1, 0.15) is 5.75 Å². The summed E-state index contributed by atoms with van der Waals surface area (Å²) in [6, 6.07) is 6.69. The number of methoxy groups -OCH3 is 1. The van der Waals surface area contributed by atoms with Gasteiger partial charge in [-0.15, -0.1) is 12.4 Å². The highest BCUT2D eigenvalue weighted by Crippen LogP contribution is 2.21. The van der Waals surface area contributed by atoms with Crippen LogP contribution in [0.25, 0.3) is 0 Å². The van der Waals surface area contributed by atoms with E-state index in [0.717, 1.165) is 19.3 Å². The second-order valence-electron chi connectivity index (χ2n) is 9.12. The molecule has 9 heteroatoms. The smallest absolute Gasteiger partial charge is 0.255 e. The van der Waals surface area contributed by atoms with E-state index in [1.54, 1.807) is 19.2 Å². The molecule has 0 unspecified atom stereocenters. The third-order valence-corrected chi connectivity index (χ3v) is 5.87. The topological polar surface area (TPSA) is 114 Å². The number of aliphatic hydroxyl groups excluding tert-OH is 1. The molecule has 0 bridgehead atoms. The molecular weight excluding hydrogens is 458 g/mol. The van der Waals surface area contributed by atoms with Crippen LogP contribution in [-0.4, -0.2) is 73.9 Å². The molecule has 8 nitrogen and oxygen atoms in total. The summed E-state index contributed by atoms with van der Waals surface area (Å²) in [6.45, 7) is 9.74. The Morgan fingerprint density at radius 1 is 1.18 bits per heavy atom. The highest BCUT2D eigenvalue weighted by Gasteiger charge is 2.25. The molecule has 0 saturated heterocycles. The van der Waals surface area contributed by atoms with Gasteiger partial charge in [0.15, 0.2) is 0 Å². The van der Waals surface area contributed by atoms with Gasteiger partial charge < -0.3 is 30.5 Å². The number of nitrogens with one attached hydrogen (secondary N) is 1. The second-order valence-corrected chi connectivity index (χ2v) is 9.12. The van der Waals surface area contributed by atoms with Crippen LogP contribution in [0.4, 0.5) is 0 Å². The maximum atomic E-state index is 12.9. The van der Waals surface area contributed by atoms with Crippen LogP contribution in [0.2, 0.25) is 0 Å². The van der Waals surface area contributed by atoms with Gasteiger partial charge in [-0.1, -0.05) is 26.0 Å². The van der Waals surface area contributed by atoms with Gasteiger partial charge in [-0.25, -0.2) is 0 Å². The highest BCUT2D eigenvalue weighted by molar-refractivity contribution is 5.96. The third kappa shape index (κ3) is 11.5. The summed E-state index contributed by atoms with van der Waals surface area (Å²) in [5, 5.41) is 13.5. The van der Waals surface area contributed by atoms with E-state index in [2.05, 4.69) is 19.2 Å². The molecule has 1 rings (SSSR count).